The standard InChI is InChI=1S/C13H15FN2O4/c1-7-4-8(6-9(14)5-7)12(18)16-10(13(19)20)2-3-11(15)17/h4-6,10H,2-3H2,1H3,(H2,15,17)(H,16,18)(H,19,20)/t10-/m0/s1. The van der Waals surface area contributed by atoms with Gasteiger partial charge < -0.3 is 16.2 Å². The van der Waals surface area contributed by atoms with Crippen LogP contribution in [0.1, 0.15) is 28.8 Å². The molecule has 0 unspecified atom stereocenters. The highest BCUT2D eigenvalue weighted by atomic mass is 19.1. The molecule has 1 aromatic rings. The lowest BCUT2D eigenvalue weighted by Crippen LogP contribution is -2.41. The first-order valence-corrected chi connectivity index (χ1v) is 5.88. The molecule has 0 saturated carbocycles. The summed E-state index contributed by atoms with van der Waals surface area (Å²) in [4.78, 5) is 33.5. The second-order valence-electron chi connectivity index (χ2n) is 4.39. The molecule has 1 rings (SSSR count). The Bertz CT molecular complexity index is 525. The smallest absolute Gasteiger partial charge is 0.326 e. The quantitative estimate of drug-likeness (QED) is 0.709. The maximum Gasteiger partial charge on any atom is 0.326 e. The first-order valence-electron chi connectivity index (χ1n) is 5.88. The fourth-order valence-electron chi connectivity index (χ4n) is 1.65. The van der Waals surface area contributed by atoms with Gasteiger partial charge in [-0.2, -0.15) is 0 Å². The number of carboxylic acid groups (broad SMARTS) is 1. The van der Waals surface area contributed by atoms with Crippen LogP contribution in [0.25, 0.3) is 0 Å². The normalized spacial score (nSPS) is 11.7. The van der Waals surface area contributed by atoms with Crippen molar-refractivity contribution < 1.29 is 23.9 Å². The number of carbonyl (C=O) groups is 3. The summed E-state index contributed by atoms with van der Waals surface area (Å²) in [5.74, 6) is -3.25. The van der Waals surface area contributed by atoms with Gasteiger partial charge in [0.05, 0.1) is 0 Å². The number of aryl methyl sites for hydroxylation is 1. The van der Waals surface area contributed by atoms with E-state index in [9.17, 15) is 18.8 Å². The van der Waals surface area contributed by atoms with E-state index < -0.39 is 29.6 Å². The fourth-order valence-corrected chi connectivity index (χ4v) is 1.65. The number of nitrogens with two attached hydrogens (primary N) is 1. The van der Waals surface area contributed by atoms with Crippen LogP contribution in [0.5, 0.6) is 0 Å². The third-order valence-electron chi connectivity index (χ3n) is 2.59. The molecule has 0 aliphatic rings. The van der Waals surface area contributed by atoms with Gasteiger partial charge in [0.2, 0.25) is 5.91 Å². The number of nitrogens with one attached hydrogen (secondary N) is 1. The Balaban J connectivity index is 2.79. The summed E-state index contributed by atoms with van der Waals surface area (Å²) >= 11 is 0. The van der Waals surface area contributed by atoms with Crippen molar-refractivity contribution in [3.05, 3.63) is 35.1 Å². The lowest BCUT2D eigenvalue weighted by Gasteiger charge is -2.14. The molecule has 0 bridgehead atoms. The van der Waals surface area contributed by atoms with Gasteiger partial charge in [0.1, 0.15) is 11.9 Å². The van der Waals surface area contributed by atoms with Crippen LogP contribution in [-0.4, -0.2) is 28.9 Å². The molecule has 0 heterocycles. The second kappa shape index (κ2) is 6.65. The fraction of sp³-hybridized carbons (Fsp3) is 0.308. The number of primary amides is 1. The summed E-state index contributed by atoms with van der Waals surface area (Å²) in [5.41, 5.74) is 5.49. The van der Waals surface area contributed by atoms with Crippen LogP contribution in [0.15, 0.2) is 18.2 Å². The zero-order chi connectivity index (χ0) is 15.3. The number of hydrogen-bond donors (Lipinski definition) is 3. The van der Waals surface area contributed by atoms with Crippen molar-refractivity contribution in [2.24, 2.45) is 5.73 Å². The first-order chi connectivity index (χ1) is 9.29. The molecular formula is C13H15FN2O4. The molecule has 6 nitrogen and oxygen atoms in total. The number of aliphatic carboxylic acids is 1. The number of carboxylic acids is 1. The first kappa shape index (κ1) is 15.6. The van der Waals surface area contributed by atoms with Crippen molar-refractivity contribution in [3.63, 3.8) is 0 Å². The minimum atomic E-state index is -1.28. The van der Waals surface area contributed by atoms with E-state index in [1.165, 1.54) is 12.1 Å². The molecule has 0 radical (unpaired) electrons. The number of rotatable bonds is 6. The summed E-state index contributed by atoms with van der Waals surface area (Å²) in [7, 11) is 0. The van der Waals surface area contributed by atoms with Crippen LogP contribution in [0, 0.1) is 12.7 Å². The van der Waals surface area contributed by atoms with Crippen LogP contribution in [0.2, 0.25) is 0 Å². The number of carbonyl (C=O) groups excluding carboxylic acids is 2. The van der Waals surface area contributed by atoms with Crippen LogP contribution in [-0.2, 0) is 9.59 Å². The summed E-state index contributed by atoms with van der Waals surface area (Å²) < 4.78 is 13.2. The molecule has 0 aliphatic heterocycles. The van der Waals surface area contributed by atoms with E-state index in [-0.39, 0.29) is 18.4 Å². The molecule has 0 aromatic heterocycles. The molecule has 0 saturated heterocycles. The third-order valence-corrected chi connectivity index (χ3v) is 2.59. The predicted octanol–water partition coefficient (Wildman–Crippen LogP) is 0.583. The lowest BCUT2D eigenvalue weighted by atomic mass is 10.1. The molecule has 108 valence electrons. The van der Waals surface area contributed by atoms with E-state index in [1.807, 2.05) is 0 Å². The highest BCUT2D eigenvalue weighted by Gasteiger charge is 2.21. The lowest BCUT2D eigenvalue weighted by molar-refractivity contribution is -0.139. The molecule has 2 amide bonds. The Morgan fingerprint density at radius 1 is 1.35 bits per heavy atom. The van der Waals surface area contributed by atoms with Crippen molar-refractivity contribution in [3.8, 4) is 0 Å². The van der Waals surface area contributed by atoms with Gasteiger partial charge in [0.25, 0.3) is 5.91 Å². The molecule has 4 N–H and O–H groups in total. The van der Waals surface area contributed by atoms with Gasteiger partial charge in [-0.05, 0) is 37.1 Å². The monoisotopic (exact) mass is 282 g/mol. The van der Waals surface area contributed by atoms with Crippen LogP contribution in [0.3, 0.4) is 0 Å². The van der Waals surface area contributed by atoms with Gasteiger partial charge in [-0.15, -0.1) is 0 Å². The topological polar surface area (TPSA) is 109 Å². The average Bonchev–Trinajstić information content (AvgIpc) is 2.32. The Kier molecular flexibility index (Phi) is 5.19. The third kappa shape index (κ3) is 4.68. The Labute approximate surface area is 114 Å². The number of amides is 2. The molecule has 0 fully saturated rings. The minimum absolute atomic E-state index is 0.0211. The summed E-state index contributed by atoms with van der Waals surface area (Å²) in [6.07, 6.45) is -0.288. The van der Waals surface area contributed by atoms with Crippen LogP contribution >= 0.6 is 0 Å². The molecule has 1 aromatic carbocycles. The van der Waals surface area contributed by atoms with Crippen LogP contribution < -0.4 is 11.1 Å². The molecule has 1 atom stereocenters. The zero-order valence-electron chi connectivity index (χ0n) is 10.9. The number of hydrogen-bond acceptors (Lipinski definition) is 3. The van der Waals surface area contributed by atoms with E-state index in [4.69, 9.17) is 10.8 Å². The molecule has 20 heavy (non-hydrogen) atoms. The van der Waals surface area contributed by atoms with Gasteiger partial charge in [-0.1, -0.05) is 0 Å². The highest BCUT2D eigenvalue weighted by molar-refractivity contribution is 5.96. The number of benzene rings is 1. The van der Waals surface area contributed by atoms with Gasteiger partial charge in [-0.25, -0.2) is 9.18 Å². The summed E-state index contributed by atoms with van der Waals surface area (Å²) in [5, 5.41) is 11.2. The molecule has 0 spiro atoms. The molecule has 7 heteroatoms. The van der Waals surface area contributed by atoms with E-state index in [2.05, 4.69) is 5.32 Å². The average molecular weight is 282 g/mol. The number of halogens is 1. The van der Waals surface area contributed by atoms with Gasteiger partial charge in [0.15, 0.2) is 0 Å². The van der Waals surface area contributed by atoms with Gasteiger partial charge >= 0.3 is 5.97 Å². The second-order valence-corrected chi connectivity index (χ2v) is 4.39. The van der Waals surface area contributed by atoms with E-state index >= 15 is 0 Å². The van der Waals surface area contributed by atoms with Crippen molar-refractivity contribution in [2.75, 3.05) is 0 Å². The van der Waals surface area contributed by atoms with Gasteiger partial charge in [0, 0.05) is 12.0 Å². The van der Waals surface area contributed by atoms with Crippen molar-refractivity contribution in [2.45, 2.75) is 25.8 Å². The largest absolute Gasteiger partial charge is 0.480 e. The SMILES string of the molecule is Cc1cc(F)cc(C(=O)N[C@@H](CCC(N)=O)C(=O)O)c1. The van der Waals surface area contributed by atoms with Crippen molar-refractivity contribution in [1.82, 2.24) is 5.32 Å². The Morgan fingerprint density at radius 2 is 2.00 bits per heavy atom. The predicted molar refractivity (Wildman–Crippen MR) is 68.5 cm³/mol. The maximum atomic E-state index is 13.2. The van der Waals surface area contributed by atoms with E-state index in [0.717, 1.165) is 6.07 Å². The minimum Gasteiger partial charge on any atom is -0.480 e. The molecule has 0 aliphatic carbocycles. The zero-order valence-corrected chi connectivity index (χ0v) is 10.9. The Hall–Kier alpha value is -2.44. The highest BCUT2D eigenvalue weighted by Crippen LogP contribution is 2.09. The van der Waals surface area contributed by atoms with Crippen molar-refractivity contribution >= 4 is 17.8 Å². The van der Waals surface area contributed by atoms with Crippen molar-refractivity contribution in [1.29, 1.82) is 0 Å². The molecular weight excluding hydrogens is 267 g/mol. The summed E-state index contributed by atoms with van der Waals surface area (Å²) in [6, 6.07) is 2.44. The Morgan fingerprint density at radius 3 is 2.50 bits per heavy atom. The van der Waals surface area contributed by atoms with Gasteiger partial charge in [-0.3, -0.25) is 9.59 Å². The van der Waals surface area contributed by atoms with E-state index in [0.29, 0.717) is 5.56 Å². The maximum absolute atomic E-state index is 13.2. The van der Waals surface area contributed by atoms with Crippen LogP contribution in [0.4, 0.5) is 4.39 Å². The van der Waals surface area contributed by atoms with E-state index in [1.54, 1.807) is 6.92 Å². The summed E-state index contributed by atoms with van der Waals surface area (Å²) in [6.45, 7) is 1.61.